The number of rotatable bonds is 5. The van der Waals surface area contributed by atoms with Crippen molar-refractivity contribution in [1.29, 1.82) is 10.5 Å². The minimum atomic E-state index is -0.398. The van der Waals surface area contributed by atoms with Crippen molar-refractivity contribution < 1.29 is 13.9 Å². The summed E-state index contributed by atoms with van der Waals surface area (Å²) in [4.78, 5) is 22.7. The van der Waals surface area contributed by atoms with E-state index in [1.165, 1.54) is 23.5 Å². The molecule has 1 amide bonds. The van der Waals surface area contributed by atoms with E-state index in [1.54, 1.807) is 25.3 Å². The molecule has 1 unspecified atom stereocenters. The second-order valence-electron chi connectivity index (χ2n) is 10.9. The van der Waals surface area contributed by atoms with Crippen molar-refractivity contribution in [2.75, 3.05) is 59.2 Å². The third-order valence-corrected chi connectivity index (χ3v) is 7.90. The van der Waals surface area contributed by atoms with E-state index in [1.807, 2.05) is 24.9 Å². The van der Waals surface area contributed by atoms with Gasteiger partial charge in [-0.2, -0.15) is 10.5 Å². The number of benzene rings is 1. The summed E-state index contributed by atoms with van der Waals surface area (Å²) in [6.07, 6.45) is 8.88. The molecule has 1 N–H and O–H groups in total. The number of nitriles is 2. The summed E-state index contributed by atoms with van der Waals surface area (Å²) in [6, 6.07) is 9.16. The number of nitrogens with zero attached hydrogens (tertiary/aromatic N) is 6. The van der Waals surface area contributed by atoms with E-state index >= 15 is 0 Å². The fourth-order valence-corrected chi connectivity index (χ4v) is 5.20. The minimum absolute atomic E-state index is 0.0630. The number of aliphatic imine (C=N–C) groups is 1. The summed E-state index contributed by atoms with van der Waals surface area (Å²) < 4.78 is 18.6. The monoisotopic (exact) mass is 575 g/mol. The number of ether oxygens (including phenoxy) is 1. The lowest BCUT2D eigenvalue weighted by Gasteiger charge is -2.35. The number of carbonyl (C=O) groups is 1. The molecule has 3 aliphatic rings. The van der Waals surface area contributed by atoms with Gasteiger partial charge in [0.2, 0.25) is 0 Å². The number of hydrogen-bond donors (Lipinski definition) is 1. The molecule has 1 aliphatic carbocycles. The molecular formula is C32H42FN7O2. The van der Waals surface area contributed by atoms with Crippen LogP contribution >= 0.6 is 0 Å². The number of carbonyl (C=O) groups excluding carboxylic acids is 1. The minimum Gasteiger partial charge on any atom is -0.382 e. The van der Waals surface area contributed by atoms with Crippen LogP contribution in [0.5, 0.6) is 0 Å². The largest absolute Gasteiger partial charge is 0.382 e. The van der Waals surface area contributed by atoms with Gasteiger partial charge in [-0.1, -0.05) is 25.8 Å². The van der Waals surface area contributed by atoms with Gasteiger partial charge >= 0.3 is 0 Å². The van der Waals surface area contributed by atoms with Crippen molar-refractivity contribution in [2.45, 2.75) is 51.2 Å². The molecule has 1 aromatic rings. The van der Waals surface area contributed by atoms with Crippen LogP contribution in [0.1, 0.15) is 37.7 Å². The first-order chi connectivity index (χ1) is 20.1. The number of hydrogen-bond acceptors (Lipinski definition) is 8. The van der Waals surface area contributed by atoms with Crippen LogP contribution < -0.4 is 5.32 Å². The lowest BCUT2D eigenvalue weighted by molar-refractivity contribution is -0.123. The molecule has 0 aromatic heterocycles. The zero-order chi connectivity index (χ0) is 30.6. The lowest BCUT2D eigenvalue weighted by atomic mass is 9.93. The molecule has 9 nitrogen and oxygen atoms in total. The number of nitrogens with one attached hydrogen (secondary N) is 1. The Bertz CT molecular complexity index is 1300. The molecule has 1 atom stereocenters. The smallest absolute Gasteiger partial charge is 0.270 e. The van der Waals surface area contributed by atoms with E-state index in [2.05, 4.69) is 34.9 Å². The van der Waals surface area contributed by atoms with Crippen LogP contribution in [0.4, 0.5) is 10.1 Å². The summed E-state index contributed by atoms with van der Waals surface area (Å²) in [5.41, 5.74) is 3.19. The van der Waals surface area contributed by atoms with Crippen molar-refractivity contribution in [3.8, 4) is 12.1 Å². The maximum atomic E-state index is 12.9. The number of likely N-dealkylation sites (N-methyl/N-ethyl adjacent to an activating group) is 3. The molecule has 2 fully saturated rings. The van der Waals surface area contributed by atoms with Gasteiger partial charge in [0.05, 0.1) is 25.0 Å². The number of allylic oxidation sites excluding steroid dienone is 2. The lowest BCUT2D eigenvalue weighted by Crippen LogP contribution is -2.43. The van der Waals surface area contributed by atoms with E-state index < -0.39 is 5.91 Å². The predicted molar refractivity (Wildman–Crippen MR) is 163 cm³/mol. The van der Waals surface area contributed by atoms with E-state index in [-0.39, 0.29) is 35.8 Å². The molecule has 0 spiro atoms. The van der Waals surface area contributed by atoms with Crippen molar-refractivity contribution in [2.24, 2.45) is 4.99 Å². The highest BCUT2D eigenvalue weighted by molar-refractivity contribution is 6.08. The maximum absolute atomic E-state index is 12.9. The number of morpholine rings is 1. The van der Waals surface area contributed by atoms with Crippen molar-refractivity contribution in [1.82, 2.24) is 14.7 Å². The molecule has 1 aromatic carbocycles. The Morgan fingerprint density at radius 1 is 1.19 bits per heavy atom. The molecule has 2 aliphatic heterocycles. The number of anilines is 1. The maximum Gasteiger partial charge on any atom is 0.270 e. The number of halogens is 1. The number of amides is 1. The van der Waals surface area contributed by atoms with Crippen LogP contribution in [0.2, 0.25) is 0 Å². The van der Waals surface area contributed by atoms with Gasteiger partial charge in [-0.25, -0.2) is 4.39 Å². The molecular weight excluding hydrogens is 533 g/mol. The average Bonchev–Trinajstić information content (AvgIpc) is 2.99. The molecule has 2 heterocycles. The first-order valence-corrected chi connectivity index (χ1v) is 14.4. The Morgan fingerprint density at radius 3 is 2.57 bits per heavy atom. The van der Waals surface area contributed by atoms with Gasteiger partial charge in [0, 0.05) is 51.2 Å². The normalized spacial score (nSPS) is 23.1. The number of aryl methyl sites for hydroxylation is 1. The van der Waals surface area contributed by atoms with Crippen molar-refractivity contribution in [3.05, 3.63) is 65.3 Å². The van der Waals surface area contributed by atoms with Gasteiger partial charge < -0.3 is 24.8 Å². The van der Waals surface area contributed by atoms with Gasteiger partial charge in [0.25, 0.3) is 5.91 Å². The quantitative estimate of drug-likeness (QED) is 0.554. The van der Waals surface area contributed by atoms with E-state index in [9.17, 15) is 19.7 Å². The van der Waals surface area contributed by atoms with Gasteiger partial charge in [-0.3, -0.25) is 9.79 Å². The fraction of sp³-hybridized carbons (Fsp3) is 0.500. The Balaban J connectivity index is 0.000000247. The summed E-state index contributed by atoms with van der Waals surface area (Å²) in [7, 11) is 5.59. The van der Waals surface area contributed by atoms with Crippen LogP contribution in [0.3, 0.4) is 0 Å². The average molecular weight is 576 g/mol. The third-order valence-electron chi connectivity index (χ3n) is 7.90. The molecule has 0 bridgehead atoms. The van der Waals surface area contributed by atoms with Gasteiger partial charge in [0.1, 0.15) is 29.2 Å². The molecule has 1 saturated carbocycles. The Morgan fingerprint density at radius 2 is 1.93 bits per heavy atom. The summed E-state index contributed by atoms with van der Waals surface area (Å²) in [6.45, 7) is 9.33. The highest BCUT2D eigenvalue weighted by atomic mass is 19.1. The second-order valence-corrected chi connectivity index (χ2v) is 10.9. The Labute approximate surface area is 249 Å². The molecule has 0 radical (unpaired) electrons. The molecule has 42 heavy (non-hydrogen) atoms. The second kappa shape index (κ2) is 15.9. The predicted octanol–water partition coefficient (Wildman–Crippen LogP) is 4.41. The highest BCUT2D eigenvalue weighted by Crippen LogP contribution is 2.26. The van der Waals surface area contributed by atoms with Crippen LogP contribution in [0.25, 0.3) is 0 Å². The zero-order valence-corrected chi connectivity index (χ0v) is 25.2. The SMILES string of the molecule is C=C1/C=C\C(C#N)=NC/C(N(C)C2CCCCC2)=C(/C#N)C(=O)N1C.Cc1cc(F)ccc1NCC1CN(C)CCO1. The Kier molecular flexibility index (Phi) is 12.3. The zero-order valence-electron chi connectivity index (χ0n) is 25.2. The van der Waals surface area contributed by atoms with E-state index in [4.69, 9.17) is 4.74 Å². The van der Waals surface area contributed by atoms with Crippen molar-refractivity contribution in [3.63, 3.8) is 0 Å². The van der Waals surface area contributed by atoms with Crippen LogP contribution in [0.15, 0.2) is 58.9 Å². The molecule has 4 rings (SSSR count). The standard InChI is InChI=1S/C19H23N5O.C13H19FN2O/c1-14-9-10-15(11-20)22-13-18(17(12-21)19(25)23(14)2)24(3)16-7-5-4-6-8-16;1-10-7-11(14)3-4-13(10)15-8-12-9-16(2)5-6-17-12/h9-10,16H,1,4-8,13H2,2-3H3;3-4,7,12,15H,5-6,8-9H2,1-2H3/b10-9-,18-17+,22-15?;. The first-order valence-electron chi connectivity index (χ1n) is 14.4. The van der Waals surface area contributed by atoms with Gasteiger partial charge in [0.15, 0.2) is 0 Å². The van der Waals surface area contributed by atoms with Crippen molar-refractivity contribution >= 4 is 17.3 Å². The van der Waals surface area contributed by atoms with E-state index in [0.717, 1.165) is 63.2 Å². The van der Waals surface area contributed by atoms with Crippen LogP contribution in [-0.2, 0) is 9.53 Å². The topological polar surface area (TPSA) is 108 Å². The molecule has 1 saturated heterocycles. The first kappa shape index (κ1) is 32.5. The van der Waals surface area contributed by atoms with Crippen LogP contribution in [0, 0.1) is 35.4 Å². The van der Waals surface area contributed by atoms with Gasteiger partial charge in [-0.15, -0.1) is 0 Å². The van der Waals surface area contributed by atoms with Crippen LogP contribution in [-0.4, -0.2) is 92.4 Å². The highest BCUT2D eigenvalue weighted by Gasteiger charge is 2.27. The summed E-state index contributed by atoms with van der Waals surface area (Å²) in [5, 5.41) is 22.2. The van der Waals surface area contributed by atoms with Gasteiger partial charge in [-0.05, 0) is 62.7 Å². The van der Waals surface area contributed by atoms with E-state index in [0.29, 0.717) is 11.4 Å². The summed E-state index contributed by atoms with van der Waals surface area (Å²) >= 11 is 0. The molecule has 10 heteroatoms. The third kappa shape index (κ3) is 9.01. The summed E-state index contributed by atoms with van der Waals surface area (Å²) in [5.74, 6) is -0.591. The molecule has 224 valence electrons. The fourth-order valence-electron chi connectivity index (χ4n) is 5.20. The Hall–Kier alpha value is -3.99.